The van der Waals surface area contributed by atoms with E-state index in [1.54, 1.807) is 7.05 Å². The van der Waals surface area contributed by atoms with Crippen molar-refractivity contribution >= 4 is 12.1 Å². The molecule has 1 unspecified atom stereocenters. The molecule has 0 saturated heterocycles. The topological polar surface area (TPSA) is 55.8 Å². The average molecular weight is 299 g/mol. The molecule has 0 aliphatic heterocycles. The third kappa shape index (κ3) is 7.73. The molecule has 0 aromatic carbocycles. The number of hydrogen-bond acceptors (Lipinski definition) is 4. The van der Waals surface area contributed by atoms with Crippen LogP contribution in [0.5, 0.6) is 0 Å². The highest BCUT2D eigenvalue weighted by Crippen LogP contribution is 2.13. The highest BCUT2D eigenvalue weighted by atomic mass is 16.6. The van der Waals surface area contributed by atoms with E-state index in [0.29, 0.717) is 6.61 Å². The molecular weight excluding hydrogens is 270 g/mol. The predicted octanol–water partition coefficient (Wildman–Crippen LogP) is 3.39. The van der Waals surface area contributed by atoms with E-state index in [1.807, 2.05) is 13.8 Å². The standard InChI is InChI=1S/C16H29NO4/c1-6-8-9-10-12-20-15(18)14(13(3)4)17(5)16(19)21-11-7-2/h7,13-14H,2,6,8-12H2,1,3-5H3. The van der Waals surface area contributed by atoms with Gasteiger partial charge in [-0.3, -0.25) is 4.90 Å². The van der Waals surface area contributed by atoms with Crippen LogP contribution in [0.3, 0.4) is 0 Å². The second-order valence-electron chi connectivity index (χ2n) is 5.39. The molecule has 1 amide bonds. The summed E-state index contributed by atoms with van der Waals surface area (Å²) in [6.07, 6.45) is 5.13. The van der Waals surface area contributed by atoms with Crippen LogP contribution >= 0.6 is 0 Å². The van der Waals surface area contributed by atoms with E-state index in [4.69, 9.17) is 9.47 Å². The molecule has 0 rings (SSSR count). The van der Waals surface area contributed by atoms with E-state index in [1.165, 1.54) is 11.0 Å². The first-order chi connectivity index (χ1) is 9.95. The number of nitrogens with zero attached hydrogens (tertiary/aromatic N) is 1. The van der Waals surface area contributed by atoms with Crippen molar-refractivity contribution in [2.75, 3.05) is 20.3 Å². The van der Waals surface area contributed by atoms with Gasteiger partial charge in [0, 0.05) is 7.05 Å². The summed E-state index contributed by atoms with van der Waals surface area (Å²) < 4.78 is 10.2. The van der Waals surface area contributed by atoms with Gasteiger partial charge in [-0.1, -0.05) is 52.7 Å². The second kappa shape index (κ2) is 11.2. The fraction of sp³-hybridized carbons (Fsp3) is 0.750. The van der Waals surface area contributed by atoms with Crippen LogP contribution < -0.4 is 0 Å². The Bertz CT molecular complexity index is 328. The Balaban J connectivity index is 4.41. The molecule has 0 aliphatic rings. The quantitative estimate of drug-likeness (QED) is 0.352. The summed E-state index contributed by atoms with van der Waals surface area (Å²) in [5.74, 6) is -0.422. The maximum absolute atomic E-state index is 12.1. The summed E-state index contributed by atoms with van der Waals surface area (Å²) in [6, 6.07) is -0.631. The molecule has 5 heteroatoms. The van der Waals surface area contributed by atoms with Crippen molar-refractivity contribution < 1.29 is 19.1 Å². The third-order valence-electron chi connectivity index (χ3n) is 3.15. The number of hydrogen-bond donors (Lipinski definition) is 0. The maximum Gasteiger partial charge on any atom is 0.410 e. The molecule has 1 atom stereocenters. The third-order valence-corrected chi connectivity index (χ3v) is 3.15. The van der Waals surface area contributed by atoms with Gasteiger partial charge in [0.1, 0.15) is 12.6 Å². The lowest BCUT2D eigenvalue weighted by Gasteiger charge is -2.28. The van der Waals surface area contributed by atoms with E-state index in [9.17, 15) is 9.59 Å². The highest BCUT2D eigenvalue weighted by molar-refractivity contribution is 5.81. The Morgan fingerprint density at radius 1 is 1.19 bits per heavy atom. The SMILES string of the molecule is C=CCOC(=O)N(C)C(C(=O)OCCCCCC)C(C)C. The lowest BCUT2D eigenvalue weighted by molar-refractivity contribution is -0.150. The molecular formula is C16H29NO4. The minimum atomic E-state index is -0.631. The number of unbranched alkanes of at least 4 members (excludes halogenated alkanes) is 3. The van der Waals surface area contributed by atoms with E-state index in [-0.39, 0.29) is 18.5 Å². The molecule has 0 spiro atoms. The Morgan fingerprint density at radius 2 is 1.86 bits per heavy atom. The zero-order chi connectivity index (χ0) is 16.3. The Kier molecular flexibility index (Phi) is 10.4. The molecule has 0 aromatic rings. The first-order valence-electron chi connectivity index (χ1n) is 7.62. The second-order valence-corrected chi connectivity index (χ2v) is 5.39. The van der Waals surface area contributed by atoms with Gasteiger partial charge in [0.2, 0.25) is 0 Å². The number of amides is 1. The lowest BCUT2D eigenvalue weighted by atomic mass is 10.0. The number of ether oxygens (including phenoxy) is 2. The summed E-state index contributed by atoms with van der Waals surface area (Å²) in [6.45, 7) is 9.89. The van der Waals surface area contributed by atoms with E-state index < -0.39 is 12.1 Å². The lowest BCUT2D eigenvalue weighted by Crippen LogP contribution is -2.46. The zero-order valence-electron chi connectivity index (χ0n) is 13.8. The normalized spacial score (nSPS) is 11.9. The summed E-state index contributed by atoms with van der Waals surface area (Å²) in [4.78, 5) is 25.3. The van der Waals surface area contributed by atoms with Crippen LogP contribution in [-0.4, -0.2) is 43.3 Å². The van der Waals surface area contributed by atoms with Gasteiger partial charge in [0.25, 0.3) is 0 Å². The van der Waals surface area contributed by atoms with Crippen molar-refractivity contribution in [2.24, 2.45) is 5.92 Å². The van der Waals surface area contributed by atoms with Crippen molar-refractivity contribution in [1.82, 2.24) is 4.90 Å². The van der Waals surface area contributed by atoms with Gasteiger partial charge in [-0.15, -0.1) is 0 Å². The smallest absolute Gasteiger partial charge is 0.410 e. The minimum Gasteiger partial charge on any atom is -0.464 e. The van der Waals surface area contributed by atoms with Crippen LogP contribution in [0.15, 0.2) is 12.7 Å². The Labute approximate surface area is 128 Å². The minimum absolute atomic E-state index is 0.0468. The fourth-order valence-electron chi connectivity index (χ4n) is 2.01. The summed E-state index contributed by atoms with van der Waals surface area (Å²) in [5, 5.41) is 0. The van der Waals surface area contributed by atoms with Gasteiger partial charge in [-0.2, -0.15) is 0 Å². The Hall–Kier alpha value is -1.52. The van der Waals surface area contributed by atoms with Gasteiger partial charge >= 0.3 is 12.1 Å². The largest absolute Gasteiger partial charge is 0.464 e. The van der Waals surface area contributed by atoms with Crippen molar-refractivity contribution in [3.8, 4) is 0 Å². The number of carbonyl (C=O) groups excluding carboxylic acids is 2. The van der Waals surface area contributed by atoms with Gasteiger partial charge < -0.3 is 9.47 Å². The van der Waals surface area contributed by atoms with Crippen LogP contribution in [0.25, 0.3) is 0 Å². The predicted molar refractivity (Wildman–Crippen MR) is 83.0 cm³/mol. The van der Waals surface area contributed by atoms with Crippen LogP contribution in [0.2, 0.25) is 0 Å². The van der Waals surface area contributed by atoms with Crippen molar-refractivity contribution in [3.05, 3.63) is 12.7 Å². The van der Waals surface area contributed by atoms with Crippen molar-refractivity contribution in [2.45, 2.75) is 52.5 Å². The van der Waals surface area contributed by atoms with Crippen LogP contribution in [0.1, 0.15) is 46.5 Å². The number of rotatable bonds is 10. The molecule has 0 N–H and O–H groups in total. The van der Waals surface area contributed by atoms with Crippen LogP contribution in [0.4, 0.5) is 4.79 Å². The highest BCUT2D eigenvalue weighted by Gasteiger charge is 2.31. The van der Waals surface area contributed by atoms with Crippen molar-refractivity contribution in [1.29, 1.82) is 0 Å². The zero-order valence-corrected chi connectivity index (χ0v) is 13.8. The first-order valence-corrected chi connectivity index (χ1v) is 7.62. The van der Waals surface area contributed by atoms with Gasteiger partial charge in [0.15, 0.2) is 0 Å². The summed E-state index contributed by atoms with van der Waals surface area (Å²) >= 11 is 0. The average Bonchev–Trinajstić information content (AvgIpc) is 2.44. The number of likely N-dealkylation sites (N-methyl/N-ethyl adjacent to an activating group) is 1. The van der Waals surface area contributed by atoms with Gasteiger partial charge in [-0.05, 0) is 12.3 Å². The molecule has 122 valence electrons. The molecule has 0 heterocycles. The van der Waals surface area contributed by atoms with E-state index >= 15 is 0 Å². The Morgan fingerprint density at radius 3 is 2.38 bits per heavy atom. The maximum atomic E-state index is 12.1. The molecule has 0 radical (unpaired) electrons. The molecule has 21 heavy (non-hydrogen) atoms. The van der Waals surface area contributed by atoms with Crippen LogP contribution in [0, 0.1) is 5.92 Å². The fourth-order valence-corrected chi connectivity index (χ4v) is 2.01. The molecule has 5 nitrogen and oxygen atoms in total. The summed E-state index contributed by atoms with van der Waals surface area (Å²) in [7, 11) is 1.55. The molecule has 0 aromatic heterocycles. The van der Waals surface area contributed by atoms with E-state index in [0.717, 1.165) is 25.7 Å². The monoisotopic (exact) mass is 299 g/mol. The first kappa shape index (κ1) is 19.5. The molecule has 0 saturated carbocycles. The number of esters is 1. The van der Waals surface area contributed by atoms with Crippen LogP contribution in [-0.2, 0) is 14.3 Å². The van der Waals surface area contributed by atoms with Crippen molar-refractivity contribution in [3.63, 3.8) is 0 Å². The summed E-state index contributed by atoms with van der Waals surface area (Å²) in [5.41, 5.74) is 0. The van der Waals surface area contributed by atoms with Gasteiger partial charge in [0.05, 0.1) is 6.61 Å². The van der Waals surface area contributed by atoms with E-state index in [2.05, 4.69) is 13.5 Å². The molecule has 0 aliphatic carbocycles. The van der Waals surface area contributed by atoms with Gasteiger partial charge in [-0.25, -0.2) is 9.59 Å². The number of carbonyl (C=O) groups is 2. The molecule has 0 fully saturated rings. The molecule has 0 bridgehead atoms.